The van der Waals surface area contributed by atoms with Crippen molar-refractivity contribution in [3.05, 3.63) is 11.6 Å². The fraction of sp³-hybridized carbons (Fsp3) is 0.714. The molecule has 1 aromatic heterocycles. The van der Waals surface area contributed by atoms with Crippen LogP contribution < -0.4 is 10.6 Å². The van der Waals surface area contributed by atoms with Crippen molar-refractivity contribution in [2.75, 3.05) is 18.4 Å². The molecule has 0 radical (unpaired) electrons. The Hall–Kier alpha value is -0.980. The molecule has 2 atom stereocenters. The van der Waals surface area contributed by atoms with E-state index < -0.39 is 0 Å². The van der Waals surface area contributed by atoms with Gasteiger partial charge in [-0.1, -0.05) is 6.92 Å². The van der Waals surface area contributed by atoms with Crippen LogP contribution in [0, 0.1) is 0 Å². The predicted octanol–water partition coefficient (Wildman–Crippen LogP) is 1.69. The topological polar surface area (TPSA) is 57.3 Å². The summed E-state index contributed by atoms with van der Waals surface area (Å²) in [4.78, 5) is 18.5. The van der Waals surface area contributed by atoms with Crippen molar-refractivity contribution in [2.45, 2.75) is 50.7 Å². The van der Waals surface area contributed by atoms with Crippen LogP contribution in [0.3, 0.4) is 0 Å². The third-order valence-electron chi connectivity index (χ3n) is 4.40. The van der Waals surface area contributed by atoms with Gasteiger partial charge in [-0.3, -0.25) is 9.69 Å². The quantitative estimate of drug-likeness (QED) is 0.867. The van der Waals surface area contributed by atoms with Crippen molar-refractivity contribution >= 4 is 22.4 Å². The summed E-state index contributed by atoms with van der Waals surface area (Å²) in [5.74, 6) is 0.0488. The van der Waals surface area contributed by atoms with Crippen LogP contribution in [-0.4, -0.2) is 47.0 Å². The number of fused-ring (bicyclic) bond motifs is 2. The molecule has 20 heavy (non-hydrogen) atoms. The molecular formula is C14H22N4OS. The SMILES string of the molecule is CCN(CC(=O)Nc1nccs1)C1CC2CCC(C1)N2. The van der Waals surface area contributed by atoms with Crippen LogP contribution in [0.2, 0.25) is 0 Å². The summed E-state index contributed by atoms with van der Waals surface area (Å²) in [6, 6.07) is 1.87. The van der Waals surface area contributed by atoms with E-state index in [1.165, 1.54) is 37.0 Å². The van der Waals surface area contributed by atoms with Crippen molar-refractivity contribution in [3.8, 4) is 0 Å². The molecule has 0 aliphatic carbocycles. The lowest BCUT2D eigenvalue weighted by molar-refractivity contribution is -0.118. The summed E-state index contributed by atoms with van der Waals surface area (Å²) < 4.78 is 0. The number of nitrogens with zero attached hydrogens (tertiary/aromatic N) is 2. The standard InChI is InChI=1S/C14H22N4OS/c1-2-18(9-13(19)17-14-15-5-6-20-14)12-7-10-3-4-11(8-12)16-10/h5-6,10-12,16H,2-4,7-9H2,1H3,(H,15,17,19). The van der Waals surface area contributed by atoms with Gasteiger partial charge in [0, 0.05) is 29.7 Å². The first-order valence-electron chi connectivity index (χ1n) is 7.44. The number of anilines is 1. The third kappa shape index (κ3) is 3.19. The van der Waals surface area contributed by atoms with Crippen LogP contribution in [0.1, 0.15) is 32.6 Å². The van der Waals surface area contributed by atoms with E-state index in [0.29, 0.717) is 29.8 Å². The first-order valence-corrected chi connectivity index (χ1v) is 8.32. The predicted molar refractivity (Wildman–Crippen MR) is 81.0 cm³/mol. The second-order valence-corrected chi connectivity index (χ2v) is 6.61. The van der Waals surface area contributed by atoms with E-state index in [1.54, 1.807) is 6.20 Å². The molecule has 3 rings (SSSR count). The van der Waals surface area contributed by atoms with Crippen LogP contribution in [0.5, 0.6) is 0 Å². The zero-order valence-corrected chi connectivity index (χ0v) is 12.7. The van der Waals surface area contributed by atoms with Crippen molar-refractivity contribution in [1.82, 2.24) is 15.2 Å². The van der Waals surface area contributed by atoms with Crippen LogP contribution in [0.4, 0.5) is 5.13 Å². The molecule has 1 amide bonds. The van der Waals surface area contributed by atoms with Gasteiger partial charge >= 0.3 is 0 Å². The maximum absolute atomic E-state index is 12.1. The summed E-state index contributed by atoms with van der Waals surface area (Å²) in [5.41, 5.74) is 0. The molecule has 2 bridgehead atoms. The first-order chi connectivity index (χ1) is 9.74. The van der Waals surface area contributed by atoms with Gasteiger partial charge in [0.1, 0.15) is 0 Å². The van der Waals surface area contributed by atoms with E-state index in [0.717, 1.165) is 6.54 Å². The number of likely N-dealkylation sites (N-methyl/N-ethyl adjacent to an activating group) is 1. The Morgan fingerprint density at radius 3 is 2.85 bits per heavy atom. The number of piperidine rings is 1. The summed E-state index contributed by atoms with van der Waals surface area (Å²) >= 11 is 1.46. The number of thiazole rings is 1. The van der Waals surface area contributed by atoms with E-state index in [1.807, 2.05) is 5.38 Å². The lowest BCUT2D eigenvalue weighted by Gasteiger charge is -2.36. The Bertz CT molecular complexity index is 438. The van der Waals surface area contributed by atoms with Crippen LogP contribution in [0.25, 0.3) is 0 Å². The normalized spacial score (nSPS) is 28.8. The zero-order valence-electron chi connectivity index (χ0n) is 11.8. The minimum absolute atomic E-state index is 0.0488. The Labute approximate surface area is 123 Å². The highest BCUT2D eigenvalue weighted by Crippen LogP contribution is 2.29. The summed E-state index contributed by atoms with van der Waals surface area (Å²) in [5, 5.41) is 9.09. The maximum atomic E-state index is 12.1. The molecule has 2 N–H and O–H groups in total. The molecule has 2 unspecified atom stereocenters. The number of nitrogens with one attached hydrogen (secondary N) is 2. The number of carbonyl (C=O) groups is 1. The van der Waals surface area contributed by atoms with Gasteiger partial charge in [-0.15, -0.1) is 11.3 Å². The third-order valence-corrected chi connectivity index (χ3v) is 5.08. The molecule has 2 aliphatic heterocycles. The molecule has 2 fully saturated rings. The highest BCUT2D eigenvalue weighted by Gasteiger charge is 2.36. The lowest BCUT2D eigenvalue weighted by Crippen LogP contribution is -2.50. The van der Waals surface area contributed by atoms with Gasteiger partial charge in [0.2, 0.25) is 5.91 Å². The Balaban J connectivity index is 1.55. The summed E-state index contributed by atoms with van der Waals surface area (Å²) in [6.07, 6.45) is 6.65. The summed E-state index contributed by atoms with van der Waals surface area (Å²) in [6.45, 7) is 3.54. The largest absolute Gasteiger partial charge is 0.311 e. The lowest BCUT2D eigenvalue weighted by atomic mass is 9.98. The maximum Gasteiger partial charge on any atom is 0.240 e. The number of aromatic nitrogens is 1. The van der Waals surface area contributed by atoms with Gasteiger partial charge in [0.25, 0.3) is 0 Å². The fourth-order valence-electron chi connectivity index (χ4n) is 3.45. The highest BCUT2D eigenvalue weighted by atomic mass is 32.1. The van der Waals surface area contributed by atoms with Gasteiger partial charge < -0.3 is 10.6 Å². The molecule has 0 saturated carbocycles. The summed E-state index contributed by atoms with van der Waals surface area (Å²) in [7, 11) is 0. The molecular weight excluding hydrogens is 272 g/mol. The number of amides is 1. The van der Waals surface area contributed by atoms with Crippen molar-refractivity contribution in [3.63, 3.8) is 0 Å². The van der Waals surface area contributed by atoms with E-state index in [2.05, 4.69) is 27.4 Å². The fourth-order valence-corrected chi connectivity index (χ4v) is 4.00. The van der Waals surface area contributed by atoms with Gasteiger partial charge in [-0.25, -0.2) is 4.98 Å². The van der Waals surface area contributed by atoms with Crippen LogP contribution >= 0.6 is 11.3 Å². The average Bonchev–Trinajstić information content (AvgIpc) is 3.06. The van der Waals surface area contributed by atoms with Gasteiger partial charge in [-0.05, 0) is 32.2 Å². The molecule has 3 heterocycles. The Kier molecular flexibility index (Phi) is 4.33. The number of hydrogen-bond acceptors (Lipinski definition) is 5. The first kappa shape index (κ1) is 14.0. The minimum Gasteiger partial charge on any atom is -0.311 e. The highest BCUT2D eigenvalue weighted by molar-refractivity contribution is 7.13. The van der Waals surface area contributed by atoms with Crippen molar-refractivity contribution in [2.24, 2.45) is 0 Å². The van der Waals surface area contributed by atoms with E-state index >= 15 is 0 Å². The molecule has 6 heteroatoms. The zero-order chi connectivity index (χ0) is 13.9. The molecule has 0 spiro atoms. The molecule has 2 saturated heterocycles. The average molecular weight is 294 g/mol. The minimum atomic E-state index is 0.0488. The second kappa shape index (κ2) is 6.20. The van der Waals surface area contributed by atoms with Crippen molar-refractivity contribution in [1.29, 1.82) is 0 Å². The van der Waals surface area contributed by atoms with Gasteiger partial charge in [0.05, 0.1) is 6.54 Å². The monoisotopic (exact) mass is 294 g/mol. The smallest absolute Gasteiger partial charge is 0.240 e. The number of carbonyl (C=O) groups excluding carboxylic acids is 1. The Morgan fingerprint density at radius 1 is 1.50 bits per heavy atom. The van der Waals surface area contributed by atoms with E-state index in [-0.39, 0.29) is 5.91 Å². The molecule has 5 nitrogen and oxygen atoms in total. The molecule has 2 aliphatic rings. The Morgan fingerprint density at radius 2 is 2.25 bits per heavy atom. The van der Waals surface area contributed by atoms with Gasteiger partial charge in [0.15, 0.2) is 5.13 Å². The van der Waals surface area contributed by atoms with E-state index in [4.69, 9.17) is 0 Å². The van der Waals surface area contributed by atoms with Crippen LogP contribution in [-0.2, 0) is 4.79 Å². The number of hydrogen-bond donors (Lipinski definition) is 2. The molecule has 110 valence electrons. The van der Waals surface area contributed by atoms with Crippen LogP contribution in [0.15, 0.2) is 11.6 Å². The number of rotatable bonds is 5. The van der Waals surface area contributed by atoms with E-state index in [9.17, 15) is 4.79 Å². The molecule has 1 aromatic rings. The van der Waals surface area contributed by atoms with Crippen molar-refractivity contribution < 1.29 is 4.79 Å². The second-order valence-electron chi connectivity index (χ2n) is 5.71. The molecule has 0 aromatic carbocycles. The van der Waals surface area contributed by atoms with Gasteiger partial charge in [-0.2, -0.15) is 0 Å².